The average Bonchev–Trinajstić information content (AvgIpc) is 2.56. The third kappa shape index (κ3) is 1.86. The number of nitrogens with two attached hydrogens (primary N) is 1. The van der Waals surface area contributed by atoms with E-state index in [1.807, 2.05) is 19.1 Å². The summed E-state index contributed by atoms with van der Waals surface area (Å²) < 4.78 is 0.936. The molecule has 0 aliphatic heterocycles. The zero-order valence-corrected chi connectivity index (χ0v) is 10.3. The molecule has 84 valence electrons. The van der Waals surface area contributed by atoms with Crippen LogP contribution in [0.4, 0.5) is 5.69 Å². The molecule has 0 bridgehead atoms. The Bertz CT molecular complexity index is 550. The van der Waals surface area contributed by atoms with E-state index in [1.165, 1.54) is 11.3 Å². The molecule has 1 amide bonds. The largest absolute Gasteiger partial charge is 0.397 e. The van der Waals surface area contributed by atoms with Gasteiger partial charge in [0.15, 0.2) is 0 Å². The molecule has 5 heteroatoms. The normalized spacial score (nSPS) is 10.6. The van der Waals surface area contributed by atoms with Gasteiger partial charge in [0.2, 0.25) is 0 Å². The van der Waals surface area contributed by atoms with Gasteiger partial charge in [0.1, 0.15) is 4.88 Å². The van der Waals surface area contributed by atoms with Crippen molar-refractivity contribution in [3.05, 3.63) is 28.1 Å². The minimum atomic E-state index is -0.127. The SMILES string of the molecule is CCNC(=O)c1sc2cc(Cl)ccc2c1N. The minimum absolute atomic E-state index is 0.127. The quantitative estimate of drug-likeness (QED) is 0.866. The second-order valence-corrected chi connectivity index (χ2v) is 4.83. The fraction of sp³-hybridized carbons (Fsp3) is 0.182. The lowest BCUT2D eigenvalue weighted by Gasteiger charge is -1.99. The molecule has 1 aromatic heterocycles. The Balaban J connectivity index is 2.55. The number of benzene rings is 1. The number of amides is 1. The molecular weight excluding hydrogens is 244 g/mol. The van der Waals surface area contributed by atoms with E-state index in [4.69, 9.17) is 17.3 Å². The van der Waals surface area contributed by atoms with Crippen LogP contribution >= 0.6 is 22.9 Å². The first-order valence-corrected chi connectivity index (χ1v) is 6.08. The van der Waals surface area contributed by atoms with Crippen LogP contribution in [0.25, 0.3) is 10.1 Å². The Morgan fingerprint density at radius 1 is 1.56 bits per heavy atom. The van der Waals surface area contributed by atoms with Crippen molar-refractivity contribution >= 4 is 44.6 Å². The van der Waals surface area contributed by atoms with Crippen molar-refractivity contribution in [1.82, 2.24) is 5.32 Å². The highest BCUT2D eigenvalue weighted by Crippen LogP contribution is 2.34. The van der Waals surface area contributed by atoms with Crippen molar-refractivity contribution in [1.29, 1.82) is 0 Å². The number of hydrogen-bond acceptors (Lipinski definition) is 3. The summed E-state index contributed by atoms with van der Waals surface area (Å²) in [5, 5.41) is 4.27. The lowest BCUT2D eigenvalue weighted by atomic mass is 10.2. The van der Waals surface area contributed by atoms with Gasteiger partial charge in [-0.3, -0.25) is 4.79 Å². The van der Waals surface area contributed by atoms with Crippen LogP contribution in [-0.4, -0.2) is 12.5 Å². The van der Waals surface area contributed by atoms with E-state index < -0.39 is 0 Å². The first-order valence-electron chi connectivity index (χ1n) is 4.89. The molecule has 3 nitrogen and oxygen atoms in total. The van der Waals surface area contributed by atoms with Gasteiger partial charge in [0, 0.05) is 21.7 Å². The maximum absolute atomic E-state index is 11.7. The van der Waals surface area contributed by atoms with Crippen molar-refractivity contribution in [2.45, 2.75) is 6.92 Å². The number of fused-ring (bicyclic) bond motifs is 1. The highest BCUT2D eigenvalue weighted by Gasteiger charge is 2.15. The zero-order chi connectivity index (χ0) is 11.7. The number of halogens is 1. The van der Waals surface area contributed by atoms with E-state index in [0.29, 0.717) is 22.1 Å². The molecule has 2 rings (SSSR count). The number of nitrogens with one attached hydrogen (secondary N) is 1. The summed E-state index contributed by atoms with van der Waals surface area (Å²) in [5.74, 6) is -0.127. The molecule has 0 radical (unpaired) electrons. The Hall–Kier alpha value is -1.26. The molecule has 1 heterocycles. The van der Waals surface area contributed by atoms with Crippen LogP contribution in [-0.2, 0) is 0 Å². The van der Waals surface area contributed by atoms with Crippen molar-refractivity contribution in [2.75, 3.05) is 12.3 Å². The number of carbonyl (C=O) groups is 1. The van der Waals surface area contributed by atoms with Crippen LogP contribution in [0.1, 0.15) is 16.6 Å². The molecule has 0 saturated carbocycles. The molecule has 16 heavy (non-hydrogen) atoms. The highest BCUT2D eigenvalue weighted by molar-refractivity contribution is 7.21. The van der Waals surface area contributed by atoms with Gasteiger partial charge in [-0.25, -0.2) is 0 Å². The number of rotatable bonds is 2. The number of carbonyl (C=O) groups excluding carboxylic acids is 1. The molecule has 0 fully saturated rings. The molecule has 0 atom stereocenters. The molecule has 3 N–H and O–H groups in total. The van der Waals surface area contributed by atoms with Crippen LogP contribution < -0.4 is 11.1 Å². The second kappa shape index (κ2) is 4.31. The molecule has 0 aliphatic carbocycles. The second-order valence-electron chi connectivity index (χ2n) is 3.34. The molecule has 2 aromatic rings. The Morgan fingerprint density at radius 2 is 2.31 bits per heavy atom. The molecular formula is C11H11ClN2OS. The van der Waals surface area contributed by atoms with Crippen molar-refractivity contribution in [2.24, 2.45) is 0 Å². The van der Waals surface area contributed by atoms with Gasteiger partial charge in [-0.15, -0.1) is 11.3 Å². The third-order valence-corrected chi connectivity index (χ3v) is 3.64. The lowest BCUT2D eigenvalue weighted by molar-refractivity contribution is 0.0960. The van der Waals surface area contributed by atoms with E-state index in [9.17, 15) is 4.79 Å². The average molecular weight is 255 g/mol. The van der Waals surface area contributed by atoms with Gasteiger partial charge in [-0.2, -0.15) is 0 Å². The van der Waals surface area contributed by atoms with Crippen molar-refractivity contribution < 1.29 is 4.79 Å². The summed E-state index contributed by atoms with van der Waals surface area (Å²) >= 11 is 7.25. The predicted octanol–water partition coefficient (Wildman–Crippen LogP) is 2.89. The Labute approximate surface area is 102 Å². The van der Waals surface area contributed by atoms with Crippen LogP contribution in [0.5, 0.6) is 0 Å². The minimum Gasteiger partial charge on any atom is -0.397 e. The van der Waals surface area contributed by atoms with E-state index >= 15 is 0 Å². The molecule has 0 unspecified atom stereocenters. The summed E-state index contributed by atoms with van der Waals surface area (Å²) in [6.45, 7) is 2.46. The van der Waals surface area contributed by atoms with Crippen LogP contribution in [0.2, 0.25) is 5.02 Å². The summed E-state index contributed by atoms with van der Waals surface area (Å²) in [7, 11) is 0. The van der Waals surface area contributed by atoms with E-state index in [-0.39, 0.29) is 5.91 Å². The number of thiophene rings is 1. The van der Waals surface area contributed by atoms with Crippen molar-refractivity contribution in [3.63, 3.8) is 0 Å². The maximum Gasteiger partial charge on any atom is 0.263 e. The summed E-state index contributed by atoms with van der Waals surface area (Å²) in [4.78, 5) is 12.3. The van der Waals surface area contributed by atoms with Gasteiger partial charge in [-0.1, -0.05) is 11.6 Å². The monoisotopic (exact) mass is 254 g/mol. The summed E-state index contributed by atoms with van der Waals surface area (Å²) in [5.41, 5.74) is 6.46. The van der Waals surface area contributed by atoms with Crippen LogP contribution in [0.3, 0.4) is 0 Å². The van der Waals surface area contributed by atoms with E-state index in [1.54, 1.807) is 6.07 Å². The maximum atomic E-state index is 11.7. The summed E-state index contributed by atoms with van der Waals surface area (Å²) in [6.07, 6.45) is 0. The highest BCUT2D eigenvalue weighted by atomic mass is 35.5. The topological polar surface area (TPSA) is 55.1 Å². The first-order chi connectivity index (χ1) is 7.63. The van der Waals surface area contributed by atoms with Crippen LogP contribution in [0.15, 0.2) is 18.2 Å². The standard InChI is InChI=1S/C11H11ClN2OS/c1-2-14-11(15)10-9(13)7-4-3-6(12)5-8(7)16-10/h3-5H,2,13H2,1H3,(H,14,15). The van der Waals surface area contributed by atoms with Gasteiger partial charge < -0.3 is 11.1 Å². The Morgan fingerprint density at radius 3 is 3.00 bits per heavy atom. The zero-order valence-electron chi connectivity index (χ0n) is 8.71. The van der Waals surface area contributed by atoms with Gasteiger partial charge in [0.05, 0.1) is 5.69 Å². The molecule has 0 saturated heterocycles. The van der Waals surface area contributed by atoms with E-state index in [0.717, 1.165) is 10.1 Å². The predicted molar refractivity (Wildman–Crippen MR) is 69.3 cm³/mol. The van der Waals surface area contributed by atoms with E-state index in [2.05, 4.69) is 5.32 Å². The Kier molecular flexibility index (Phi) is 3.03. The first kappa shape index (κ1) is 11.2. The van der Waals surface area contributed by atoms with Crippen LogP contribution in [0, 0.1) is 0 Å². The molecule has 0 spiro atoms. The molecule has 1 aromatic carbocycles. The number of hydrogen-bond donors (Lipinski definition) is 2. The summed E-state index contributed by atoms with van der Waals surface area (Å²) in [6, 6.07) is 5.43. The van der Waals surface area contributed by atoms with Gasteiger partial charge >= 0.3 is 0 Å². The number of nitrogen functional groups attached to an aromatic ring is 1. The number of anilines is 1. The lowest BCUT2D eigenvalue weighted by Crippen LogP contribution is -2.22. The fourth-order valence-corrected chi connectivity index (χ4v) is 2.82. The third-order valence-electron chi connectivity index (χ3n) is 2.23. The van der Waals surface area contributed by atoms with Gasteiger partial charge in [0.25, 0.3) is 5.91 Å². The van der Waals surface area contributed by atoms with Gasteiger partial charge in [-0.05, 0) is 25.1 Å². The fourth-order valence-electron chi connectivity index (χ4n) is 1.50. The molecule has 0 aliphatic rings. The van der Waals surface area contributed by atoms with Crippen molar-refractivity contribution in [3.8, 4) is 0 Å². The smallest absolute Gasteiger partial charge is 0.263 e.